The predicted octanol–water partition coefficient (Wildman–Crippen LogP) is 0.997. The van der Waals surface area contributed by atoms with Crippen LogP contribution < -0.4 is 0 Å². The van der Waals surface area contributed by atoms with E-state index >= 15 is 0 Å². The molecule has 0 unspecified atom stereocenters. The Morgan fingerprint density at radius 3 is 1.91 bits per heavy atom. The summed E-state index contributed by atoms with van der Waals surface area (Å²) in [6, 6.07) is 0. The van der Waals surface area contributed by atoms with Gasteiger partial charge in [-0.15, -0.1) is 0 Å². The van der Waals surface area contributed by atoms with Gasteiger partial charge in [-0.25, -0.2) is 14.0 Å². The highest BCUT2D eigenvalue weighted by atomic mass is 31.2. The molecule has 0 aromatic rings. The van der Waals surface area contributed by atoms with E-state index in [1.165, 1.54) is 0 Å². The minimum absolute atomic E-state index is 0.493. The zero-order chi connectivity index (χ0) is 9.07. The Kier molecular flexibility index (Phi) is 3.51. The van der Waals surface area contributed by atoms with E-state index in [1.807, 2.05) is 0 Å². The molecule has 11 heavy (non-hydrogen) atoms. The van der Waals surface area contributed by atoms with Gasteiger partial charge in [0.1, 0.15) is 0 Å². The second-order valence-corrected chi connectivity index (χ2v) is 3.91. The lowest BCUT2D eigenvalue weighted by molar-refractivity contribution is 0.158. The van der Waals surface area contributed by atoms with Gasteiger partial charge in [0, 0.05) is 21.3 Å². The van der Waals surface area contributed by atoms with Crippen LogP contribution in [0, 0.1) is 0 Å². The van der Waals surface area contributed by atoms with Gasteiger partial charge in [-0.3, -0.25) is 9.05 Å². The van der Waals surface area contributed by atoms with Gasteiger partial charge in [0.25, 0.3) is 0 Å². The van der Waals surface area contributed by atoms with Crippen molar-refractivity contribution in [3.8, 4) is 0 Å². The van der Waals surface area contributed by atoms with E-state index in [2.05, 4.69) is 9.05 Å². The largest absolute Gasteiger partial charge is 0.465 e. The van der Waals surface area contributed by atoms with Crippen molar-refractivity contribution < 1.29 is 23.5 Å². The topological polar surface area (TPSA) is 76.1 Å². The molecule has 0 fully saturated rings. The highest BCUT2D eigenvalue weighted by Gasteiger charge is 2.31. The van der Waals surface area contributed by atoms with Crippen LogP contribution in [0.4, 0.5) is 4.79 Å². The summed E-state index contributed by atoms with van der Waals surface area (Å²) in [6.07, 6.45) is -1.36. The van der Waals surface area contributed by atoms with Gasteiger partial charge in [0.05, 0.1) is 0 Å². The Balaban J connectivity index is 4.51. The first-order valence-corrected chi connectivity index (χ1v) is 4.16. The molecule has 1 N–H and O–H groups in total. The van der Waals surface area contributed by atoms with Gasteiger partial charge in [-0.1, -0.05) is 0 Å². The number of hydrogen-bond acceptors (Lipinski definition) is 4. The monoisotopic (exact) mass is 183 g/mol. The summed E-state index contributed by atoms with van der Waals surface area (Å²) in [6.45, 7) is 0. The summed E-state index contributed by atoms with van der Waals surface area (Å²) < 4.78 is 20.5. The molecule has 0 aliphatic rings. The summed E-state index contributed by atoms with van der Waals surface area (Å²) in [4.78, 5) is 10.3. The number of carbonyl (C=O) groups is 1. The van der Waals surface area contributed by atoms with Gasteiger partial charge in [-0.05, 0) is 0 Å². The van der Waals surface area contributed by atoms with E-state index in [9.17, 15) is 9.36 Å². The Bertz CT molecular complexity index is 185. The molecule has 0 aromatic heterocycles. The van der Waals surface area contributed by atoms with Crippen LogP contribution in [0.5, 0.6) is 0 Å². The molecule has 7 heteroatoms. The van der Waals surface area contributed by atoms with Crippen LogP contribution in [0.1, 0.15) is 0 Å². The number of nitrogens with zero attached hydrogens (tertiary/aromatic N) is 1. The smallest absolute Gasteiger partial charge is 0.439 e. The molecule has 0 aliphatic heterocycles. The summed E-state index contributed by atoms with van der Waals surface area (Å²) in [5, 5.41) is 8.37. The average Bonchev–Trinajstić information content (AvgIpc) is 2.01. The SMILES string of the molecule is COP(=O)(OC)N(C)C(=O)O. The molecule has 0 aliphatic carbocycles. The second-order valence-electron chi connectivity index (χ2n) is 1.64. The lowest BCUT2D eigenvalue weighted by atomic mass is 11.1. The molecule has 0 heterocycles. The standard InChI is InChI=1S/C4H10NO5P/c1-5(4(6)7)11(8,9-2)10-3/h1-3H3,(H,6,7). The number of carboxylic acid groups (broad SMARTS) is 1. The molecule has 0 aromatic carbocycles. The van der Waals surface area contributed by atoms with Crippen molar-refractivity contribution in [2.24, 2.45) is 0 Å². The van der Waals surface area contributed by atoms with Crippen molar-refractivity contribution in [2.75, 3.05) is 21.3 Å². The van der Waals surface area contributed by atoms with E-state index in [0.29, 0.717) is 4.67 Å². The van der Waals surface area contributed by atoms with Gasteiger partial charge in [0.2, 0.25) is 0 Å². The fourth-order valence-electron chi connectivity index (χ4n) is 0.424. The molecule has 0 saturated carbocycles. The van der Waals surface area contributed by atoms with Crippen molar-refractivity contribution in [1.29, 1.82) is 0 Å². The fraction of sp³-hybridized carbons (Fsp3) is 0.750. The van der Waals surface area contributed by atoms with Gasteiger partial charge >= 0.3 is 13.8 Å². The maximum absolute atomic E-state index is 11.2. The summed E-state index contributed by atoms with van der Waals surface area (Å²) in [5.41, 5.74) is 0. The molecular formula is C4H10NO5P. The van der Waals surface area contributed by atoms with E-state index < -0.39 is 13.8 Å². The zero-order valence-corrected chi connectivity index (χ0v) is 7.37. The first-order valence-electron chi connectivity index (χ1n) is 2.66. The number of amides is 1. The van der Waals surface area contributed by atoms with Crippen LogP contribution in [0.25, 0.3) is 0 Å². The molecule has 0 saturated heterocycles. The highest BCUT2D eigenvalue weighted by molar-refractivity contribution is 7.51. The van der Waals surface area contributed by atoms with E-state index in [4.69, 9.17) is 5.11 Å². The summed E-state index contributed by atoms with van der Waals surface area (Å²) in [5.74, 6) is 0. The molecule has 0 spiro atoms. The third-order valence-corrected chi connectivity index (χ3v) is 2.93. The van der Waals surface area contributed by atoms with Crippen LogP contribution in [-0.2, 0) is 13.6 Å². The first kappa shape index (κ1) is 10.4. The Morgan fingerprint density at radius 2 is 1.82 bits per heavy atom. The Hall–Kier alpha value is -0.580. The average molecular weight is 183 g/mol. The second kappa shape index (κ2) is 3.71. The van der Waals surface area contributed by atoms with Crippen molar-refractivity contribution in [3.63, 3.8) is 0 Å². The Labute approximate surface area is 64.3 Å². The Morgan fingerprint density at radius 1 is 1.45 bits per heavy atom. The number of hydrogen-bond donors (Lipinski definition) is 1. The van der Waals surface area contributed by atoms with Crippen LogP contribution in [-0.4, -0.2) is 37.1 Å². The minimum atomic E-state index is -3.59. The van der Waals surface area contributed by atoms with E-state index in [-0.39, 0.29) is 0 Å². The first-order chi connectivity index (χ1) is 4.98. The molecule has 0 rings (SSSR count). The molecule has 1 amide bonds. The van der Waals surface area contributed by atoms with Gasteiger partial charge < -0.3 is 5.11 Å². The minimum Gasteiger partial charge on any atom is -0.465 e. The normalized spacial score (nSPS) is 11.2. The molecule has 66 valence electrons. The van der Waals surface area contributed by atoms with E-state index in [0.717, 1.165) is 21.3 Å². The van der Waals surface area contributed by atoms with Gasteiger partial charge in [0.15, 0.2) is 0 Å². The summed E-state index contributed by atoms with van der Waals surface area (Å²) >= 11 is 0. The lowest BCUT2D eigenvalue weighted by Crippen LogP contribution is -2.22. The van der Waals surface area contributed by atoms with Crippen LogP contribution >= 0.6 is 7.75 Å². The van der Waals surface area contributed by atoms with Gasteiger partial charge in [-0.2, -0.15) is 0 Å². The molecule has 0 atom stereocenters. The third-order valence-electron chi connectivity index (χ3n) is 1.11. The van der Waals surface area contributed by atoms with E-state index in [1.54, 1.807) is 0 Å². The molecule has 0 radical (unpaired) electrons. The van der Waals surface area contributed by atoms with Crippen molar-refractivity contribution in [1.82, 2.24) is 4.67 Å². The summed E-state index contributed by atoms with van der Waals surface area (Å²) in [7, 11) is -0.258. The molecular weight excluding hydrogens is 173 g/mol. The molecule has 6 nitrogen and oxygen atoms in total. The van der Waals surface area contributed by atoms with Crippen molar-refractivity contribution in [3.05, 3.63) is 0 Å². The zero-order valence-electron chi connectivity index (χ0n) is 6.47. The van der Waals surface area contributed by atoms with Crippen molar-refractivity contribution in [2.45, 2.75) is 0 Å². The highest BCUT2D eigenvalue weighted by Crippen LogP contribution is 2.49. The number of rotatable bonds is 3. The van der Waals surface area contributed by atoms with Crippen LogP contribution in [0.2, 0.25) is 0 Å². The van der Waals surface area contributed by atoms with Crippen molar-refractivity contribution >= 4 is 13.8 Å². The maximum Gasteiger partial charge on any atom is 0.439 e. The lowest BCUT2D eigenvalue weighted by Gasteiger charge is -2.20. The molecule has 0 bridgehead atoms. The third kappa shape index (κ3) is 2.18. The predicted molar refractivity (Wildman–Crippen MR) is 37.4 cm³/mol. The van der Waals surface area contributed by atoms with Crippen LogP contribution in [0.15, 0.2) is 0 Å². The fourth-order valence-corrected chi connectivity index (χ4v) is 1.27. The maximum atomic E-state index is 11.2. The quantitative estimate of drug-likeness (QED) is 0.660. The van der Waals surface area contributed by atoms with Crippen LogP contribution in [0.3, 0.4) is 0 Å².